The van der Waals surface area contributed by atoms with Crippen LogP contribution in [0.2, 0.25) is 0 Å². The third-order valence-electron chi connectivity index (χ3n) is 1.79. The van der Waals surface area contributed by atoms with Crippen molar-refractivity contribution in [1.82, 2.24) is 0 Å². The normalized spacial score (nSPS) is 10.4. The smallest absolute Gasteiger partial charge is 0.330 e. The fourth-order valence-corrected chi connectivity index (χ4v) is 1.38. The van der Waals surface area contributed by atoms with Crippen molar-refractivity contribution in [3.05, 3.63) is 44.4 Å². The molecule has 0 radical (unpaired) electrons. The summed E-state index contributed by atoms with van der Waals surface area (Å²) >= 11 is 3.23. The zero-order valence-corrected chi connectivity index (χ0v) is 9.93. The minimum atomic E-state index is -0.515. The molecule has 1 aromatic carbocycles. The van der Waals surface area contributed by atoms with Crippen LogP contribution in [0.3, 0.4) is 0 Å². The summed E-state index contributed by atoms with van der Waals surface area (Å²) in [6.45, 7) is 0. The number of carbonyl (C=O) groups excluding carboxylic acids is 1. The molecule has 0 aliphatic rings. The van der Waals surface area contributed by atoms with Crippen molar-refractivity contribution in [2.75, 3.05) is 7.11 Å². The number of hydrogen-bond donors (Lipinski definition) is 0. The molecular weight excluding hydrogens is 278 g/mol. The number of rotatable bonds is 3. The quantitative estimate of drug-likeness (QED) is 0.370. The van der Waals surface area contributed by atoms with Gasteiger partial charge in [0, 0.05) is 22.7 Å². The topological polar surface area (TPSA) is 69.4 Å². The summed E-state index contributed by atoms with van der Waals surface area (Å²) in [5, 5.41) is 10.5. The van der Waals surface area contributed by atoms with Crippen molar-refractivity contribution < 1.29 is 14.5 Å². The monoisotopic (exact) mass is 285 g/mol. The minimum Gasteiger partial charge on any atom is -0.466 e. The SMILES string of the molecule is COC(=O)C=Cc1cc([N+](=O)[O-])ccc1Br. The van der Waals surface area contributed by atoms with Gasteiger partial charge >= 0.3 is 5.97 Å². The highest BCUT2D eigenvalue weighted by atomic mass is 79.9. The molecular formula is C10H8BrNO4. The lowest BCUT2D eigenvalue weighted by molar-refractivity contribution is -0.384. The van der Waals surface area contributed by atoms with Crippen molar-refractivity contribution in [3.8, 4) is 0 Å². The fraction of sp³-hybridized carbons (Fsp3) is 0.100. The molecule has 84 valence electrons. The molecule has 0 saturated carbocycles. The zero-order valence-electron chi connectivity index (χ0n) is 8.34. The molecule has 1 aromatic rings. The van der Waals surface area contributed by atoms with E-state index < -0.39 is 10.9 Å². The van der Waals surface area contributed by atoms with Gasteiger partial charge in [-0.15, -0.1) is 0 Å². The number of nitrogens with zero attached hydrogens (tertiary/aromatic N) is 1. The van der Waals surface area contributed by atoms with E-state index in [4.69, 9.17) is 0 Å². The number of hydrogen-bond acceptors (Lipinski definition) is 4. The molecule has 0 N–H and O–H groups in total. The average molecular weight is 286 g/mol. The standard InChI is InChI=1S/C10H8BrNO4/c1-16-10(13)5-2-7-6-8(12(14)15)3-4-9(7)11/h2-6H,1H3. The second-order valence-electron chi connectivity index (χ2n) is 2.82. The van der Waals surface area contributed by atoms with Crippen LogP contribution in [0.1, 0.15) is 5.56 Å². The second kappa shape index (κ2) is 5.41. The van der Waals surface area contributed by atoms with Gasteiger partial charge in [-0.1, -0.05) is 15.9 Å². The Labute approximate surface area is 100.0 Å². The third-order valence-corrected chi connectivity index (χ3v) is 2.51. The molecule has 1 rings (SSSR count). The lowest BCUT2D eigenvalue weighted by Crippen LogP contribution is -1.94. The van der Waals surface area contributed by atoms with Crippen molar-refractivity contribution in [2.45, 2.75) is 0 Å². The van der Waals surface area contributed by atoms with Gasteiger partial charge < -0.3 is 4.74 Å². The Balaban J connectivity index is 3.03. The molecule has 0 aliphatic carbocycles. The van der Waals surface area contributed by atoms with Gasteiger partial charge in [-0.05, 0) is 17.7 Å². The van der Waals surface area contributed by atoms with Crippen LogP contribution in [0, 0.1) is 10.1 Å². The molecule has 0 fully saturated rings. The number of halogens is 1. The van der Waals surface area contributed by atoms with E-state index in [-0.39, 0.29) is 5.69 Å². The molecule has 0 amide bonds. The van der Waals surface area contributed by atoms with Gasteiger partial charge in [0.15, 0.2) is 0 Å². The van der Waals surface area contributed by atoms with Gasteiger partial charge in [-0.2, -0.15) is 0 Å². The van der Waals surface area contributed by atoms with Crippen LogP contribution in [0.15, 0.2) is 28.7 Å². The van der Waals surface area contributed by atoms with Crippen LogP contribution < -0.4 is 0 Å². The Morgan fingerprint density at radius 1 is 1.56 bits per heavy atom. The molecule has 0 spiro atoms. The number of esters is 1. The van der Waals surface area contributed by atoms with E-state index in [0.717, 1.165) is 0 Å². The van der Waals surface area contributed by atoms with Crippen LogP contribution >= 0.6 is 15.9 Å². The first-order valence-electron chi connectivity index (χ1n) is 4.24. The summed E-state index contributed by atoms with van der Waals surface area (Å²) in [5.41, 5.74) is 0.507. The van der Waals surface area contributed by atoms with E-state index in [1.807, 2.05) is 0 Å². The zero-order chi connectivity index (χ0) is 12.1. The highest BCUT2D eigenvalue weighted by molar-refractivity contribution is 9.10. The van der Waals surface area contributed by atoms with Crippen LogP contribution in [-0.4, -0.2) is 18.0 Å². The summed E-state index contributed by atoms with van der Waals surface area (Å²) in [7, 11) is 1.26. The molecule has 16 heavy (non-hydrogen) atoms. The van der Waals surface area contributed by atoms with Crippen molar-refractivity contribution in [2.24, 2.45) is 0 Å². The predicted molar refractivity (Wildman–Crippen MR) is 61.8 cm³/mol. The second-order valence-corrected chi connectivity index (χ2v) is 3.67. The Kier molecular flexibility index (Phi) is 4.19. The Morgan fingerprint density at radius 2 is 2.25 bits per heavy atom. The Bertz CT molecular complexity index is 456. The first kappa shape index (κ1) is 12.4. The summed E-state index contributed by atoms with van der Waals surface area (Å²) in [5.74, 6) is -0.515. The van der Waals surface area contributed by atoms with E-state index in [2.05, 4.69) is 20.7 Å². The van der Waals surface area contributed by atoms with Crippen LogP contribution in [0.4, 0.5) is 5.69 Å². The van der Waals surface area contributed by atoms with E-state index in [1.165, 1.54) is 31.4 Å². The number of non-ortho nitro benzene ring substituents is 1. The van der Waals surface area contributed by atoms with Crippen LogP contribution in [-0.2, 0) is 9.53 Å². The number of benzene rings is 1. The molecule has 0 heterocycles. The number of ether oxygens (including phenoxy) is 1. The van der Waals surface area contributed by atoms with E-state index in [0.29, 0.717) is 10.0 Å². The maximum atomic E-state index is 10.9. The van der Waals surface area contributed by atoms with E-state index in [9.17, 15) is 14.9 Å². The van der Waals surface area contributed by atoms with Crippen molar-refractivity contribution in [1.29, 1.82) is 0 Å². The average Bonchev–Trinajstić information content (AvgIpc) is 2.27. The lowest BCUT2D eigenvalue weighted by Gasteiger charge is -1.98. The van der Waals surface area contributed by atoms with Crippen LogP contribution in [0.25, 0.3) is 6.08 Å². The molecule has 0 bridgehead atoms. The highest BCUT2D eigenvalue weighted by Crippen LogP contribution is 2.23. The fourth-order valence-electron chi connectivity index (χ4n) is 0.998. The Morgan fingerprint density at radius 3 is 2.81 bits per heavy atom. The number of nitro benzene ring substituents is 1. The number of nitro groups is 1. The molecule has 6 heteroatoms. The largest absolute Gasteiger partial charge is 0.466 e. The summed E-state index contributed by atoms with van der Waals surface area (Å²) < 4.78 is 5.08. The maximum Gasteiger partial charge on any atom is 0.330 e. The van der Waals surface area contributed by atoms with Gasteiger partial charge in [0.2, 0.25) is 0 Å². The van der Waals surface area contributed by atoms with E-state index >= 15 is 0 Å². The van der Waals surface area contributed by atoms with E-state index in [1.54, 1.807) is 6.07 Å². The minimum absolute atomic E-state index is 0.0345. The first-order chi connectivity index (χ1) is 7.54. The molecule has 5 nitrogen and oxygen atoms in total. The number of methoxy groups -OCH3 is 1. The maximum absolute atomic E-state index is 10.9. The first-order valence-corrected chi connectivity index (χ1v) is 5.04. The highest BCUT2D eigenvalue weighted by Gasteiger charge is 2.07. The van der Waals surface area contributed by atoms with Gasteiger partial charge in [-0.3, -0.25) is 10.1 Å². The molecule has 0 aliphatic heterocycles. The van der Waals surface area contributed by atoms with Gasteiger partial charge in [0.05, 0.1) is 12.0 Å². The van der Waals surface area contributed by atoms with Crippen molar-refractivity contribution >= 4 is 33.7 Å². The summed E-state index contributed by atoms with van der Waals surface area (Å²) in [4.78, 5) is 20.9. The van der Waals surface area contributed by atoms with Gasteiger partial charge in [0.1, 0.15) is 0 Å². The molecule has 0 unspecified atom stereocenters. The molecule has 0 atom stereocenters. The molecule has 0 aromatic heterocycles. The lowest BCUT2D eigenvalue weighted by atomic mass is 10.2. The number of carbonyl (C=O) groups is 1. The van der Waals surface area contributed by atoms with Gasteiger partial charge in [-0.25, -0.2) is 4.79 Å². The van der Waals surface area contributed by atoms with Crippen molar-refractivity contribution in [3.63, 3.8) is 0 Å². The molecule has 0 saturated heterocycles. The Hall–Kier alpha value is -1.69. The third kappa shape index (κ3) is 3.16. The summed E-state index contributed by atoms with van der Waals surface area (Å²) in [6.07, 6.45) is 2.65. The van der Waals surface area contributed by atoms with Gasteiger partial charge in [0.25, 0.3) is 5.69 Å². The summed E-state index contributed by atoms with van der Waals surface area (Å²) in [6, 6.07) is 4.29. The predicted octanol–water partition coefficient (Wildman–Crippen LogP) is 2.54. The van der Waals surface area contributed by atoms with Crippen LogP contribution in [0.5, 0.6) is 0 Å².